The Morgan fingerprint density at radius 1 is 1.09 bits per heavy atom. The molecule has 3 aromatic carbocycles. The third kappa shape index (κ3) is 4.94. The number of rotatable bonds is 5. The number of amides is 1. The number of carbonyl (C=O) groups excluding carboxylic acids is 1. The van der Waals surface area contributed by atoms with E-state index in [0.717, 1.165) is 16.9 Å². The lowest BCUT2D eigenvalue weighted by atomic mass is 10.2. The highest BCUT2D eigenvalue weighted by atomic mass is 35.5. The maximum absolute atomic E-state index is 13.4. The Bertz CT molecular complexity index is 1570. The van der Waals surface area contributed by atoms with Crippen molar-refractivity contribution in [2.24, 2.45) is 0 Å². The number of thiazole rings is 1. The minimum absolute atomic E-state index is 0.176. The first kappa shape index (κ1) is 23.1. The molecule has 0 radical (unpaired) electrons. The fraction of sp³-hybridized carbons (Fsp3) is 0.0385. The number of methoxy groups -OCH3 is 1. The monoisotopic (exact) mass is 487 g/mol. The van der Waals surface area contributed by atoms with E-state index >= 15 is 0 Å². The summed E-state index contributed by atoms with van der Waals surface area (Å²) in [5.74, 6) is -0.0618. The molecule has 1 N–H and O–H groups in total. The van der Waals surface area contributed by atoms with E-state index < -0.39 is 5.91 Å². The Morgan fingerprint density at radius 2 is 1.82 bits per heavy atom. The van der Waals surface area contributed by atoms with Crippen LogP contribution in [0, 0.1) is 11.3 Å². The molecule has 1 amide bonds. The SMILES string of the molecule is COc1cccc(NC(=O)/C(C#N)=c2\s/c(=C/c3ccc(Cl)cc3)c(=O)n2-c2ccccc2)c1. The summed E-state index contributed by atoms with van der Waals surface area (Å²) >= 11 is 7.04. The van der Waals surface area contributed by atoms with Crippen LogP contribution in [0.15, 0.2) is 83.7 Å². The second-order valence-corrected chi connectivity index (χ2v) is 8.58. The summed E-state index contributed by atoms with van der Waals surface area (Å²) in [6.45, 7) is 0. The van der Waals surface area contributed by atoms with Crippen molar-refractivity contribution in [3.63, 3.8) is 0 Å². The van der Waals surface area contributed by atoms with Crippen LogP contribution in [-0.4, -0.2) is 17.6 Å². The van der Waals surface area contributed by atoms with E-state index in [4.69, 9.17) is 16.3 Å². The third-order valence-corrected chi connectivity index (χ3v) is 6.23. The van der Waals surface area contributed by atoms with E-state index in [0.29, 0.717) is 26.7 Å². The molecule has 0 atom stereocenters. The van der Waals surface area contributed by atoms with E-state index in [2.05, 4.69) is 5.32 Å². The zero-order valence-electron chi connectivity index (χ0n) is 18.0. The molecule has 0 bridgehead atoms. The summed E-state index contributed by atoms with van der Waals surface area (Å²) in [7, 11) is 1.52. The molecule has 8 heteroatoms. The number of hydrogen-bond acceptors (Lipinski definition) is 5. The molecule has 1 aromatic heterocycles. The summed E-state index contributed by atoms with van der Waals surface area (Å²) < 4.78 is 7.19. The molecule has 0 saturated carbocycles. The average molecular weight is 488 g/mol. The van der Waals surface area contributed by atoms with Gasteiger partial charge in [-0.2, -0.15) is 5.26 Å². The quantitative estimate of drug-likeness (QED) is 0.465. The molecule has 0 aliphatic carbocycles. The second-order valence-electron chi connectivity index (χ2n) is 7.12. The number of aromatic nitrogens is 1. The van der Waals surface area contributed by atoms with Crippen LogP contribution < -0.4 is 24.8 Å². The van der Waals surface area contributed by atoms with Gasteiger partial charge in [-0.05, 0) is 48.0 Å². The molecular formula is C26H18ClN3O3S. The topological polar surface area (TPSA) is 84.1 Å². The van der Waals surface area contributed by atoms with Gasteiger partial charge >= 0.3 is 0 Å². The molecule has 0 spiro atoms. The lowest BCUT2D eigenvalue weighted by Gasteiger charge is -2.07. The van der Waals surface area contributed by atoms with Crippen molar-refractivity contribution in [1.29, 1.82) is 5.26 Å². The molecule has 6 nitrogen and oxygen atoms in total. The number of benzene rings is 3. The lowest BCUT2D eigenvalue weighted by Crippen LogP contribution is -2.32. The minimum Gasteiger partial charge on any atom is -0.497 e. The first-order valence-corrected chi connectivity index (χ1v) is 11.3. The normalized spacial score (nSPS) is 12.1. The van der Waals surface area contributed by atoms with Gasteiger partial charge < -0.3 is 10.1 Å². The number of nitrogens with one attached hydrogen (secondary N) is 1. The molecule has 168 valence electrons. The summed E-state index contributed by atoms with van der Waals surface area (Å²) in [5, 5.41) is 13.2. The van der Waals surface area contributed by atoms with Crippen LogP contribution in [0.2, 0.25) is 5.02 Å². The molecule has 4 rings (SSSR count). The number of anilines is 1. The molecule has 0 fully saturated rings. The third-order valence-electron chi connectivity index (χ3n) is 4.89. The van der Waals surface area contributed by atoms with Crippen LogP contribution in [0.3, 0.4) is 0 Å². The minimum atomic E-state index is -0.625. The van der Waals surface area contributed by atoms with Gasteiger partial charge in [0.1, 0.15) is 16.5 Å². The van der Waals surface area contributed by atoms with E-state index in [9.17, 15) is 14.9 Å². The zero-order valence-corrected chi connectivity index (χ0v) is 19.6. The van der Waals surface area contributed by atoms with Gasteiger partial charge in [-0.1, -0.05) is 48.0 Å². The number of para-hydroxylation sites is 1. The van der Waals surface area contributed by atoms with Crippen LogP contribution >= 0.6 is 22.9 Å². The molecule has 0 aliphatic rings. The number of nitriles is 1. The standard InChI is InChI=1S/C26H18ClN3O3S/c1-33-21-9-5-6-19(15-21)29-24(31)22(16-28)26-30(20-7-3-2-4-8-20)25(32)23(34-26)14-17-10-12-18(27)13-11-17/h2-15H,1H3,(H,29,31)/b23-14+,26-22-. The number of hydrogen-bond donors (Lipinski definition) is 1. The maximum atomic E-state index is 13.4. The number of nitrogens with zero attached hydrogens (tertiary/aromatic N) is 2. The predicted molar refractivity (Wildman–Crippen MR) is 135 cm³/mol. The van der Waals surface area contributed by atoms with Gasteiger partial charge in [0, 0.05) is 16.8 Å². The van der Waals surface area contributed by atoms with Gasteiger partial charge in [-0.25, -0.2) is 0 Å². The summed E-state index contributed by atoms with van der Waals surface area (Å²) in [6.07, 6.45) is 1.71. The summed E-state index contributed by atoms with van der Waals surface area (Å²) in [4.78, 5) is 26.5. The van der Waals surface area contributed by atoms with Crippen molar-refractivity contribution >= 4 is 46.2 Å². The van der Waals surface area contributed by atoms with Gasteiger partial charge in [0.2, 0.25) is 0 Å². The van der Waals surface area contributed by atoms with Crippen molar-refractivity contribution in [3.05, 3.63) is 109 Å². The Balaban J connectivity index is 1.92. The van der Waals surface area contributed by atoms with Crippen molar-refractivity contribution in [2.75, 3.05) is 12.4 Å². The summed E-state index contributed by atoms with van der Waals surface area (Å²) in [6, 6.07) is 24.7. The van der Waals surface area contributed by atoms with Crippen LogP contribution in [0.5, 0.6) is 5.75 Å². The van der Waals surface area contributed by atoms with E-state index in [1.807, 2.05) is 12.1 Å². The lowest BCUT2D eigenvalue weighted by molar-refractivity contribution is -0.111. The van der Waals surface area contributed by atoms with Crippen molar-refractivity contribution in [2.45, 2.75) is 0 Å². The first-order chi connectivity index (χ1) is 16.5. The predicted octanol–water partition coefficient (Wildman–Crippen LogP) is 3.70. The van der Waals surface area contributed by atoms with E-state index in [1.54, 1.807) is 78.9 Å². The van der Waals surface area contributed by atoms with Gasteiger partial charge in [-0.3, -0.25) is 14.2 Å². The molecule has 4 aromatic rings. The fourth-order valence-electron chi connectivity index (χ4n) is 3.26. The smallest absolute Gasteiger partial charge is 0.273 e. The fourth-order valence-corrected chi connectivity index (χ4v) is 4.49. The van der Waals surface area contributed by atoms with E-state index in [-0.39, 0.29) is 15.8 Å². The Hall–Kier alpha value is -4.12. The van der Waals surface area contributed by atoms with Gasteiger partial charge in [0.15, 0.2) is 5.57 Å². The van der Waals surface area contributed by atoms with Crippen molar-refractivity contribution in [3.8, 4) is 17.5 Å². The highest BCUT2D eigenvalue weighted by Gasteiger charge is 2.17. The Morgan fingerprint density at radius 3 is 2.50 bits per heavy atom. The van der Waals surface area contributed by atoms with Crippen LogP contribution in [0.25, 0.3) is 17.3 Å². The highest BCUT2D eigenvalue weighted by molar-refractivity contribution is 7.07. The zero-order chi connectivity index (χ0) is 24.1. The van der Waals surface area contributed by atoms with Crippen LogP contribution in [0.4, 0.5) is 5.69 Å². The van der Waals surface area contributed by atoms with Crippen LogP contribution in [-0.2, 0) is 4.79 Å². The van der Waals surface area contributed by atoms with Gasteiger partial charge in [0.05, 0.1) is 17.3 Å². The van der Waals surface area contributed by atoms with Crippen molar-refractivity contribution in [1.82, 2.24) is 4.57 Å². The Kier molecular flexibility index (Phi) is 6.93. The summed E-state index contributed by atoms with van der Waals surface area (Å²) in [5.41, 5.74) is 1.29. The highest BCUT2D eigenvalue weighted by Crippen LogP contribution is 2.17. The van der Waals surface area contributed by atoms with E-state index in [1.165, 1.54) is 11.7 Å². The second kappa shape index (κ2) is 10.2. The molecule has 34 heavy (non-hydrogen) atoms. The maximum Gasteiger partial charge on any atom is 0.273 e. The van der Waals surface area contributed by atoms with Gasteiger partial charge in [-0.15, -0.1) is 11.3 Å². The first-order valence-electron chi connectivity index (χ1n) is 10.1. The Labute approximate surface area is 204 Å². The molecule has 0 aliphatic heterocycles. The number of ether oxygens (including phenoxy) is 1. The largest absolute Gasteiger partial charge is 0.497 e. The number of carbonyl (C=O) groups is 1. The molecule has 1 heterocycles. The number of halogens is 1. The molecule has 0 unspecified atom stereocenters. The van der Waals surface area contributed by atoms with Crippen molar-refractivity contribution < 1.29 is 9.53 Å². The molecular weight excluding hydrogens is 470 g/mol. The van der Waals surface area contributed by atoms with Gasteiger partial charge in [0.25, 0.3) is 11.5 Å². The average Bonchev–Trinajstić information content (AvgIpc) is 3.17. The molecule has 0 saturated heterocycles. The van der Waals surface area contributed by atoms with Crippen LogP contribution in [0.1, 0.15) is 5.56 Å².